The Bertz CT molecular complexity index is 1900. The maximum atomic E-state index is 13.1. The Hall–Kier alpha value is -4.19. The third-order valence-electron chi connectivity index (χ3n) is 15.1. The number of amides is 1. The number of hydrogen-bond donors (Lipinski definition) is 6. The molecular formula is C76H125NO8. The Morgan fingerprint density at radius 2 is 0.741 bits per heavy atom. The van der Waals surface area contributed by atoms with E-state index >= 15 is 0 Å². The molecule has 0 aromatic heterocycles. The van der Waals surface area contributed by atoms with Crippen LogP contribution < -0.4 is 5.32 Å². The fourth-order valence-electron chi connectivity index (χ4n) is 9.75. The van der Waals surface area contributed by atoms with E-state index in [4.69, 9.17) is 9.47 Å². The Labute approximate surface area is 520 Å². The van der Waals surface area contributed by atoms with Gasteiger partial charge in [0.1, 0.15) is 24.4 Å². The zero-order chi connectivity index (χ0) is 61.4. The minimum Gasteiger partial charge on any atom is -0.394 e. The number of carbonyl (C=O) groups is 1. The molecule has 9 nitrogen and oxygen atoms in total. The van der Waals surface area contributed by atoms with Crippen LogP contribution in [0.5, 0.6) is 0 Å². The molecule has 0 radical (unpaired) electrons. The molecule has 1 aliphatic heterocycles. The zero-order valence-corrected chi connectivity index (χ0v) is 53.8. The van der Waals surface area contributed by atoms with Gasteiger partial charge in [-0.05, 0) is 122 Å². The van der Waals surface area contributed by atoms with E-state index in [1.807, 2.05) is 6.08 Å². The molecule has 9 heteroatoms. The smallest absolute Gasteiger partial charge is 0.220 e. The number of unbranched alkanes of at least 4 members (excludes halogenated alkanes) is 23. The van der Waals surface area contributed by atoms with Crippen LogP contribution in [0.4, 0.5) is 0 Å². The van der Waals surface area contributed by atoms with Crippen LogP contribution in [-0.4, -0.2) is 87.5 Å². The average Bonchev–Trinajstić information content (AvgIpc) is 3.71. The van der Waals surface area contributed by atoms with Crippen LogP contribution in [0.25, 0.3) is 0 Å². The van der Waals surface area contributed by atoms with Crippen LogP contribution >= 0.6 is 0 Å². The number of allylic oxidation sites excluding steroid dienone is 25. The molecule has 1 heterocycles. The number of rotatable bonds is 57. The van der Waals surface area contributed by atoms with E-state index in [0.29, 0.717) is 19.3 Å². The van der Waals surface area contributed by atoms with Gasteiger partial charge in [-0.15, -0.1) is 0 Å². The summed E-state index contributed by atoms with van der Waals surface area (Å²) in [5.41, 5.74) is 0. The first-order valence-corrected chi connectivity index (χ1v) is 34.2. The second kappa shape index (κ2) is 62.8. The first kappa shape index (κ1) is 78.8. The van der Waals surface area contributed by atoms with Crippen molar-refractivity contribution < 1.29 is 39.8 Å². The van der Waals surface area contributed by atoms with Crippen molar-refractivity contribution in [3.8, 4) is 0 Å². The van der Waals surface area contributed by atoms with Crippen LogP contribution in [0.15, 0.2) is 158 Å². The van der Waals surface area contributed by atoms with Gasteiger partial charge in [0, 0.05) is 6.42 Å². The van der Waals surface area contributed by atoms with Gasteiger partial charge in [-0.25, -0.2) is 0 Å². The lowest BCUT2D eigenvalue weighted by molar-refractivity contribution is -0.302. The van der Waals surface area contributed by atoms with E-state index in [0.717, 1.165) is 116 Å². The normalized spacial score (nSPS) is 19.2. The molecule has 1 rings (SSSR count). The molecule has 7 unspecified atom stereocenters. The summed E-state index contributed by atoms with van der Waals surface area (Å²) >= 11 is 0. The zero-order valence-electron chi connectivity index (χ0n) is 53.8. The third kappa shape index (κ3) is 51.6. The highest BCUT2D eigenvalue weighted by Crippen LogP contribution is 2.23. The van der Waals surface area contributed by atoms with Gasteiger partial charge in [-0.2, -0.15) is 0 Å². The quantitative estimate of drug-likeness (QED) is 0.0261. The summed E-state index contributed by atoms with van der Waals surface area (Å²) in [4.78, 5) is 13.1. The minimum atomic E-state index is -1.59. The van der Waals surface area contributed by atoms with E-state index in [2.05, 4.69) is 165 Å². The fraction of sp³-hybridized carbons (Fsp3) is 0.645. The molecule has 1 aliphatic rings. The maximum absolute atomic E-state index is 13.1. The highest BCUT2D eigenvalue weighted by molar-refractivity contribution is 5.76. The van der Waals surface area contributed by atoms with Crippen LogP contribution in [0.2, 0.25) is 0 Å². The fourth-order valence-corrected chi connectivity index (χ4v) is 9.75. The molecule has 1 fully saturated rings. The summed E-state index contributed by atoms with van der Waals surface area (Å²) < 4.78 is 11.3. The molecule has 0 saturated carbocycles. The molecular weight excluding hydrogens is 1050 g/mol. The molecule has 0 aromatic carbocycles. The van der Waals surface area contributed by atoms with Gasteiger partial charge in [0.15, 0.2) is 6.29 Å². The number of aliphatic hydroxyl groups excluding tert-OH is 5. The number of carbonyl (C=O) groups excluding carboxylic acids is 1. The van der Waals surface area contributed by atoms with Crippen molar-refractivity contribution in [2.24, 2.45) is 0 Å². The number of ether oxygens (including phenoxy) is 2. The predicted octanol–water partition coefficient (Wildman–Crippen LogP) is 18.7. The van der Waals surface area contributed by atoms with Crippen LogP contribution in [0.3, 0.4) is 0 Å². The highest BCUT2D eigenvalue weighted by atomic mass is 16.7. The van der Waals surface area contributed by atoms with E-state index in [1.54, 1.807) is 6.08 Å². The minimum absolute atomic E-state index is 0.220. The summed E-state index contributed by atoms with van der Waals surface area (Å²) in [5.74, 6) is -0.220. The van der Waals surface area contributed by atoms with Crippen molar-refractivity contribution in [2.45, 2.75) is 301 Å². The molecule has 0 aromatic rings. The van der Waals surface area contributed by atoms with E-state index in [1.165, 1.54) is 109 Å². The lowest BCUT2D eigenvalue weighted by Crippen LogP contribution is -2.60. The van der Waals surface area contributed by atoms with Crippen molar-refractivity contribution in [3.63, 3.8) is 0 Å². The van der Waals surface area contributed by atoms with Crippen molar-refractivity contribution >= 4 is 5.91 Å². The van der Waals surface area contributed by atoms with Gasteiger partial charge in [-0.1, -0.05) is 287 Å². The van der Waals surface area contributed by atoms with E-state index < -0.39 is 49.5 Å². The van der Waals surface area contributed by atoms with Crippen LogP contribution in [-0.2, 0) is 14.3 Å². The molecule has 6 N–H and O–H groups in total. The standard InChI is InChI=1S/C76H125NO8/c1-3-5-7-9-11-13-15-17-19-21-23-25-27-29-31-32-33-34-35-36-37-38-40-42-44-46-48-50-52-54-56-58-60-62-64-66-72(80)77-69(68-84-76-75(83)74(82)73(81)71(67-78)85-76)70(79)65-63-61-59-57-55-53-51-49-47-45-43-41-39-30-28-26-24-22-20-18-16-14-12-10-8-6-4-2/h5,7,11,13,17,19,23,25,29,31,33-34,36-37,40,42,46-49,52,54-55,57,63,65,69-71,73-76,78-79,81-83H,3-4,6,8-10,12,14-16,18,20-22,24,26-28,30,32,35,38-39,41,43-45,50-51,53,56,58-62,64,66-68H2,1-2H3,(H,77,80)/b7-5-,13-11-,19-17-,25-23-,31-29-,34-33-,37-36-,42-40-,48-46-,49-47+,54-52-,57-55+,65-63+. The van der Waals surface area contributed by atoms with Gasteiger partial charge >= 0.3 is 0 Å². The van der Waals surface area contributed by atoms with Gasteiger partial charge < -0.3 is 40.3 Å². The summed E-state index contributed by atoms with van der Waals surface area (Å²) in [7, 11) is 0. The summed E-state index contributed by atoms with van der Waals surface area (Å²) in [6.45, 7) is 3.64. The van der Waals surface area contributed by atoms with Gasteiger partial charge in [0.05, 0.1) is 25.4 Å². The topological polar surface area (TPSA) is 149 Å². The van der Waals surface area contributed by atoms with E-state index in [-0.39, 0.29) is 12.5 Å². The molecule has 0 bridgehead atoms. The Morgan fingerprint density at radius 3 is 1.13 bits per heavy atom. The van der Waals surface area contributed by atoms with E-state index in [9.17, 15) is 30.3 Å². The molecule has 85 heavy (non-hydrogen) atoms. The lowest BCUT2D eigenvalue weighted by Gasteiger charge is -2.40. The van der Waals surface area contributed by atoms with Crippen molar-refractivity contribution in [1.82, 2.24) is 5.32 Å². The Balaban J connectivity index is 2.25. The van der Waals surface area contributed by atoms with Gasteiger partial charge in [0.2, 0.25) is 5.91 Å². The highest BCUT2D eigenvalue weighted by Gasteiger charge is 2.44. The monoisotopic (exact) mass is 1180 g/mol. The Morgan fingerprint density at radius 1 is 0.412 bits per heavy atom. The summed E-state index contributed by atoms with van der Waals surface area (Å²) in [6, 6.07) is -0.856. The average molecular weight is 1180 g/mol. The number of aliphatic hydroxyl groups is 5. The molecule has 1 amide bonds. The summed E-state index contributed by atoms with van der Waals surface area (Å²) in [5, 5.41) is 54.7. The largest absolute Gasteiger partial charge is 0.394 e. The second-order valence-corrected chi connectivity index (χ2v) is 22.9. The maximum Gasteiger partial charge on any atom is 0.220 e. The number of hydrogen-bond acceptors (Lipinski definition) is 8. The van der Waals surface area contributed by atoms with Gasteiger partial charge in [0.25, 0.3) is 0 Å². The molecule has 482 valence electrons. The van der Waals surface area contributed by atoms with Crippen molar-refractivity contribution in [3.05, 3.63) is 158 Å². The van der Waals surface area contributed by atoms with Crippen LogP contribution in [0.1, 0.15) is 258 Å². The third-order valence-corrected chi connectivity index (χ3v) is 15.1. The predicted molar refractivity (Wildman–Crippen MR) is 363 cm³/mol. The van der Waals surface area contributed by atoms with Crippen LogP contribution in [0, 0.1) is 0 Å². The van der Waals surface area contributed by atoms with Crippen molar-refractivity contribution in [2.75, 3.05) is 13.2 Å². The second-order valence-electron chi connectivity index (χ2n) is 22.9. The lowest BCUT2D eigenvalue weighted by atomic mass is 9.99. The molecule has 0 spiro atoms. The van der Waals surface area contributed by atoms with Crippen molar-refractivity contribution in [1.29, 1.82) is 0 Å². The first-order chi connectivity index (χ1) is 41.8. The summed E-state index contributed by atoms with van der Waals surface area (Å²) in [6.07, 6.45) is 91.9. The molecule has 0 aliphatic carbocycles. The Kier molecular flexibility index (Phi) is 58.3. The molecule has 1 saturated heterocycles. The van der Waals surface area contributed by atoms with Gasteiger partial charge in [-0.3, -0.25) is 4.79 Å². The SMILES string of the molecule is CC/C=C\C/C=C\C/C=C\C/C=C\C/C=C\C/C=C\C/C=C\C/C=C\C/C=C\C/C=C\CCCCCCC(=O)NC(COC1OC(CO)C(O)C(O)C1O)C(O)/C=C/CC/C=C/CC/C=C/CCCCCCCCCCCCCCCCCCC. The first-order valence-electron chi connectivity index (χ1n) is 34.2. The number of nitrogens with one attached hydrogen (secondary N) is 1. The molecule has 7 atom stereocenters.